The van der Waals surface area contributed by atoms with Gasteiger partial charge >= 0.3 is 0 Å². The maximum atomic E-state index is 12.5. The summed E-state index contributed by atoms with van der Waals surface area (Å²) in [6.07, 6.45) is 0.875. The summed E-state index contributed by atoms with van der Waals surface area (Å²) in [5.74, 6) is 1.03. The third kappa shape index (κ3) is 4.91. The van der Waals surface area contributed by atoms with Crippen molar-refractivity contribution in [3.63, 3.8) is 0 Å². The third-order valence-electron chi connectivity index (χ3n) is 6.34. The summed E-state index contributed by atoms with van der Waals surface area (Å²) in [7, 11) is 1.55. The lowest BCUT2D eigenvalue weighted by molar-refractivity contribution is -0.149. The molecule has 1 aromatic carbocycles. The van der Waals surface area contributed by atoms with Crippen LogP contribution in [-0.2, 0) is 20.9 Å². The molecule has 1 N–H and O–H groups in total. The largest absolute Gasteiger partial charge is 0.493 e. The molecule has 3 atom stereocenters. The SMILES string of the molecule is COc1cc2c(cc1OCCCN1CCN(C(=O)C3CCCO3)CC1O)COC(C)C2=O. The number of aliphatic hydroxyl groups excluding tert-OH is 1. The summed E-state index contributed by atoms with van der Waals surface area (Å²) in [4.78, 5) is 28.5. The first-order chi connectivity index (χ1) is 15.5. The quantitative estimate of drug-likeness (QED) is 0.622. The molecule has 0 saturated carbocycles. The topological polar surface area (TPSA) is 97.8 Å². The van der Waals surface area contributed by atoms with E-state index in [4.69, 9.17) is 18.9 Å². The first-order valence-corrected chi connectivity index (χ1v) is 11.3. The number of piperazine rings is 1. The number of carbonyl (C=O) groups excluding carboxylic acids is 2. The fourth-order valence-electron chi connectivity index (χ4n) is 4.42. The standard InChI is InChI=1S/C23H32N2O7/c1-15-22(27)17-12-19(29-2)20(11-16(17)14-32-15)31-10-4-6-24-7-8-25(13-21(24)26)23(28)18-5-3-9-30-18/h11-12,15,18,21,26H,3-10,13-14H2,1-2H3. The van der Waals surface area contributed by atoms with Crippen molar-refractivity contribution < 1.29 is 33.6 Å². The molecule has 0 radical (unpaired) electrons. The molecule has 4 rings (SSSR count). The molecule has 176 valence electrons. The van der Waals surface area contributed by atoms with E-state index in [-0.39, 0.29) is 17.8 Å². The van der Waals surface area contributed by atoms with Crippen molar-refractivity contribution in [1.29, 1.82) is 0 Å². The lowest BCUT2D eigenvalue weighted by Crippen LogP contribution is -2.56. The lowest BCUT2D eigenvalue weighted by Gasteiger charge is -2.39. The number of benzene rings is 1. The van der Waals surface area contributed by atoms with Gasteiger partial charge in [0.2, 0.25) is 0 Å². The zero-order chi connectivity index (χ0) is 22.7. The van der Waals surface area contributed by atoms with Gasteiger partial charge in [-0.15, -0.1) is 0 Å². The van der Waals surface area contributed by atoms with Crippen molar-refractivity contribution in [3.8, 4) is 11.5 Å². The molecule has 2 fully saturated rings. The van der Waals surface area contributed by atoms with Gasteiger partial charge in [0.15, 0.2) is 17.3 Å². The van der Waals surface area contributed by atoms with Crippen LogP contribution in [0.5, 0.6) is 11.5 Å². The molecule has 3 heterocycles. The smallest absolute Gasteiger partial charge is 0.251 e. The highest BCUT2D eigenvalue weighted by atomic mass is 16.5. The Balaban J connectivity index is 1.26. The van der Waals surface area contributed by atoms with Crippen LogP contribution in [-0.4, -0.2) is 91.5 Å². The Morgan fingerprint density at radius 2 is 2.09 bits per heavy atom. The second-order valence-corrected chi connectivity index (χ2v) is 8.48. The zero-order valence-electron chi connectivity index (χ0n) is 18.7. The minimum atomic E-state index is -0.697. The number of carbonyl (C=O) groups is 2. The number of amides is 1. The Hall–Kier alpha value is -2.20. The van der Waals surface area contributed by atoms with E-state index in [0.717, 1.165) is 18.4 Å². The van der Waals surface area contributed by atoms with Gasteiger partial charge in [-0.1, -0.05) is 0 Å². The summed E-state index contributed by atoms with van der Waals surface area (Å²) >= 11 is 0. The summed E-state index contributed by atoms with van der Waals surface area (Å²) in [6, 6.07) is 3.53. The monoisotopic (exact) mass is 448 g/mol. The number of methoxy groups -OCH3 is 1. The number of aliphatic hydroxyl groups is 1. The molecule has 0 bridgehead atoms. The fourth-order valence-corrected chi connectivity index (χ4v) is 4.42. The molecule has 9 nitrogen and oxygen atoms in total. The number of fused-ring (bicyclic) bond motifs is 1. The van der Waals surface area contributed by atoms with E-state index in [1.807, 2.05) is 11.0 Å². The summed E-state index contributed by atoms with van der Waals surface area (Å²) in [5, 5.41) is 10.5. The molecule has 1 aromatic rings. The van der Waals surface area contributed by atoms with Crippen molar-refractivity contribution in [1.82, 2.24) is 9.80 Å². The maximum absolute atomic E-state index is 12.5. The van der Waals surface area contributed by atoms with Gasteiger partial charge in [-0.2, -0.15) is 0 Å². The number of ether oxygens (including phenoxy) is 4. The second-order valence-electron chi connectivity index (χ2n) is 8.48. The molecular formula is C23H32N2O7. The fraction of sp³-hybridized carbons (Fsp3) is 0.652. The Morgan fingerprint density at radius 1 is 1.25 bits per heavy atom. The van der Waals surface area contributed by atoms with Crippen LogP contribution in [0.4, 0.5) is 0 Å². The summed E-state index contributed by atoms with van der Waals surface area (Å²) in [6.45, 7) is 5.32. The Labute approximate surface area is 188 Å². The molecule has 0 aliphatic carbocycles. The number of hydrogen-bond acceptors (Lipinski definition) is 8. The first-order valence-electron chi connectivity index (χ1n) is 11.3. The van der Waals surface area contributed by atoms with Crippen LogP contribution >= 0.6 is 0 Å². The van der Waals surface area contributed by atoms with Crippen molar-refractivity contribution in [2.45, 2.75) is 51.2 Å². The van der Waals surface area contributed by atoms with Crippen LogP contribution in [0.3, 0.4) is 0 Å². The van der Waals surface area contributed by atoms with Gasteiger partial charge in [-0.25, -0.2) is 0 Å². The van der Waals surface area contributed by atoms with Crippen LogP contribution in [0.15, 0.2) is 12.1 Å². The molecular weight excluding hydrogens is 416 g/mol. The molecule has 32 heavy (non-hydrogen) atoms. The third-order valence-corrected chi connectivity index (χ3v) is 6.34. The van der Waals surface area contributed by atoms with Crippen LogP contribution in [0.1, 0.15) is 42.1 Å². The highest BCUT2D eigenvalue weighted by Crippen LogP contribution is 2.34. The number of Topliss-reactive ketones (excluding diaryl/α,β-unsaturated/α-hetero) is 1. The number of ketones is 1. The van der Waals surface area contributed by atoms with Crippen LogP contribution in [0, 0.1) is 0 Å². The van der Waals surface area contributed by atoms with Gasteiger partial charge in [-0.3, -0.25) is 14.5 Å². The summed E-state index contributed by atoms with van der Waals surface area (Å²) < 4.78 is 22.3. The average molecular weight is 449 g/mol. The zero-order valence-corrected chi connectivity index (χ0v) is 18.7. The molecule has 1 amide bonds. The number of β-amino-alcohol motifs (C(OH)–C–C–N with tert-alkyl or cyclic N) is 1. The molecule has 3 aliphatic heterocycles. The maximum Gasteiger partial charge on any atom is 0.251 e. The predicted molar refractivity (Wildman–Crippen MR) is 115 cm³/mol. The minimum absolute atomic E-state index is 0.0131. The number of nitrogens with zero attached hydrogens (tertiary/aromatic N) is 2. The van der Waals surface area contributed by atoms with Gasteiger partial charge in [0, 0.05) is 31.8 Å². The number of hydrogen-bond donors (Lipinski definition) is 1. The van der Waals surface area contributed by atoms with E-state index in [1.165, 1.54) is 0 Å². The summed E-state index contributed by atoms with van der Waals surface area (Å²) in [5.41, 5.74) is 1.41. The average Bonchev–Trinajstić information content (AvgIpc) is 3.34. The predicted octanol–water partition coefficient (Wildman–Crippen LogP) is 1.21. The number of rotatable bonds is 7. The van der Waals surface area contributed by atoms with E-state index in [1.54, 1.807) is 25.0 Å². The van der Waals surface area contributed by atoms with E-state index in [9.17, 15) is 14.7 Å². The van der Waals surface area contributed by atoms with Gasteiger partial charge in [0.25, 0.3) is 5.91 Å². The van der Waals surface area contributed by atoms with Gasteiger partial charge in [0.05, 0.1) is 26.9 Å². The second kappa shape index (κ2) is 10.2. The molecule has 0 aromatic heterocycles. The van der Waals surface area contributed by atoms with Crippen molar-refractivity contribution >= 4 is 11.7 Å². The van der Waals surface area contributed by atoms with Crippen LogP contribution in [0.2, 0.25) is 0 Å². The Bertz CT molecular complexity index is 840. The van der Waals surface area contributed by atoms with Gasteiger partial charge < -0.3 is 29.0 Å². The van der Waals surface area contributed by atoms with Gasteiger partial charge in [0.1, 0.15) is 18.4 Å². The van der Waals surface area contributed by atoms with E-state index < -0.39 is 12.3 Å². The van der Waals surface area contributed by atoms with Crippen LogP contribution in [0.25, 0.3) is 0 Å². The van der Waals surface area contributed by atoms with Gasteiger partial charge in [-0.05, 0) is 43.9 Å². The molecule has 0 spiro atoms. The van der Waals surface area contributed by atoms with E-state index in [2.05, 4.69) is 0 Å². The first kappa shape index (κ1) is 23.0. The molecule has 3 unspecified atom stereocenters. The molecule has 3 aliphatic rings. The van der Waals surface area contributed by atoms with Crippen molar-refractivity contribution in [3.05, 3.63) is 23.3 Å². The highest BCUT2D eigenvalue weighted by molar-refractivity contribution is 6.01. The molecule has 9 heteroatoms. The molecule has 2 saturated heterocycles. The van der Waals surface area contributed by atoms with E-state index in [0.29, 0.717) is 69.5 Å². The minimum Gasteiger partial charge on any atom is -0.493 e. The highest BCUT2D eigenvalue weighted by Gasteiger charge is 2.33. The van der Waals surface area contributed by atoms with Crippen molar-refractivity contribution in [2.75, 3.05) is 46.5 Å². The normalized spacial score (nSPS) is 26.2. The lowest BCUT2D eigenvalue weighted by atomic mass is 9.97. The Kier molecular flexibility index (Phi) is 7.30. The Morgan fingerprint density at radius 3 is 2.81 bits per heavy atom. The van der Waals surface area contributed by atoms with E-state index >= 15 is 0 Å². The van der Waals surface area contributed by atoms with Crippen molar-refractivity contribution in [2.24, 2.45) is 0 Å². The van der Waals surface area contributed by atoms with Crippen LogP contribution < -0.4 is 9.47 Å².